The summed E-state index contributed by atoms with van der Waals surface area (Å²) in [6.45, 7) is 0. The molecular weight excluding hydrogens is 376 g/mol. The van der Waals surface area contributed by atoms with Gasteiger partial charge in [0.15, 0.2) is 0 Å². The van der Waals surface area contributed by atoms with Gasteiger partial charge in [-0.15, -0.1) is 11.3 Å². The first-order valence-electron chi connectivity index (χ1n) is 8.36. The maximum absolute atomic E-state index is 12.7. The van der Waals surface area contributed by atoms with Crippen LogP contribution in [-0.2, 0) is 0 Å². The summed E-state index contributed by atoms with van der Waals surface area (Å²) in [5.74, 6) is -1.33. The number of hydrogen-bond acceptors (Lipinski definition) is 5. The lowest BCUT2D eigenvalue weighted by atomic mass is 10.1. The second-order valence-electron chi connectivity index (χ2n) is 6.02. The van der Waals surface area contributed by atoms with Crippen LogP contribution in [0.4, 0.5) is 5.00 Å². The minimum Gasteiger partial charge on any atom is -0.422 e. The van der Waals surface area contributed by atoms with Gasteiger partial charge >= 0.3 is 5.63 Å². The fourth-order valence-electron chi connectivity index (χ4n) is 2.80. The minimum absolute atomic E-state index is 0.149. The Kier molecular flexibility index (Phi) is 4.50. The van der Waals surface area contributed by atoms with Gasteiger partial charge in [0.05, 0.1) is 5.56 Å². The lowest BCUT2D eigenvalue weighted by Gasteiger charge is -2.04. The van der Waals surface area contributed by atoms with Gasteiger partial charge < -0.3 is 15.5 Å². The zero-order valence-electron chi connectivity index (χ0n) is 14.5. The number of benzene rings is 2. The Morgan fingerprint density at radius 3 is 2.39 bits per heavy atom. The number of thiophene rings is 1. The third kappa shape index (κ3) is 3.30. The van der Waals surface area contributed by atoms with E-state index in [0.717, 1.165) is 10.4 Å². The van der Waals surface area contributed by atoms with Crippen LogP contribution < -0.4 is 16.7 Å². The van der Waals surface area contributed by atoms with Crippen molar-refractivity contribution in [2.45, 2.75) is 0 Å². The summed E-state index contributed by atoms with van der Waals surface area (Å²) >= 11 is 1.21. The Balaban J connectivity index is 1.72. The van der Waals surface area contributed by atoms with Gasteiger partial charge in [0.1, 0.15) is 16.1 Å². The van der Waals surface area contributed by atoms with E-state index in [2.05, 4.69) is 5.32 Å². The molecule has 0 spiro atoms. The standard InChI is InChI=1S/C21H14N2O4S/c22-18(24)14-11-17(12-6-2-1-3-7-12)28-20(14)23-19(25)15-10-13-8-4-5-9-16(13)27-21(15)26/h1-11H,(H2,22,24)(H,23,25). The summed E-state index contributed by atoms with van der Waals surface area (Å²) in [6, 6.07) is 19.4. The van der Waals surface area contributed by atoms with Crippen molar-refractivity contribution in [2.24, 2.45) is 5.73 Å². The number of para-hydroxylation sites is 1. The molecule has 0 fully saturated rings. The van der Waals surface area contributed by atoms with Crippen molar-refractivity contribution < 1.29 is 14.0 Å². The van der Waals surface area contributed by atoms with Crippen LogP contribution in [0.5, 0.6) is 0 Å². The molecule has 2 amide bonds. The molecule has 0 radical (unpaired) electrons. The summed E-state index contributed by atoms with van der Waals surface area (Å²) in [4.78, 5) is 37.5. The number of primary amides is 1. The third-order valence-electron chi connectivity index (χ3n) is 4.17. The van der Waals surface area contributed by atoms with E-state index in [4.69, 9.17) is 10.2 Å². The number of carbonyl (C=O) groups excluding carboxylic acids is 2. The maximum Gasteiger partial charge on any atom is 0.349 e. The van der Waals surface area contributed by atoms with Gasteiger partial charge in [0.2, 0.25) is 0 Å². The van der Waals surface area contributed by atoms with E-state index in [9.17, 15) is 14.4 Å². The Morgan fingerprint density at radius 1 is 0.929 bits per heavy atom. The molecule has 6 nitrogen and oxygen atoms in total. The molecule has 0 aliphatic heterocycles. The summed E-state index contributed by atoms with van der Waals surface area (Å²) < 4.78 is 5.20. The van der Waals surface area contributed by atoms with E-state index in [-0.39, 0.29) is 16.1 Å². The Hall–Kier alpha value is -3.71. The third-order valence-corrected chi connectivity index (χ3v) is 5.27. The topological polar surface area (TPSA) is 102 Å². The van der Waals surface area contributed by atoms with Crippen LogP contribution in [0.2, 0.25) is 0 Å². The largest absolute Gasteiger partial charge is 0.422 e. The van der Waals surface area contributed by atoms with Gasteiger partial charge in [-0.1, -0.05) is 48.5 Å². The van der Waals surface area contributed by atoms with E-state index >= 15 is 0 Å². The minimum atomic E-state index is -0.753. The highest BCUT2D eigenvalue weighted by atomic mass is 32.1. The van der Waals surface area contributed by atoms with Gasteiger partial charge in [-0.25, -0.2) is 4.79 Å². The molecule has 3 N–H and O–H groups in total. The molecule has 2 heterocycles. The maximum atomic E-state index is 12.7. The summed E-state index contributed by atoms with van der Waals surface area (Å²) in [5.41, 5.74) is 6.02. The number of fused-ring (bicyclic) bond motifs is 1. The summed E-state index contributed by atoms with van der Waals surface area (Å²) in [6.07, 6.45) is 0. The molecule has 138 valence electrons. The number of hydrogen-bond donors (Lipinski definition) is 2. The van der Waals surface area contributed by atoms with Crippen LogP contribution in [0.1, 0.15) is 20.7 Å². The van der Waals surface area contributed by atoms with Crippen LogP contribution in [0, 0.1) is 0 Å². The normalized spacial score (nSPS) is 10.7. The highest BCUT2D eigenvalue weighted by Gasteiger charge is 2.20. The number of carbonyl (C=O) groups is 2. The van der Waals surface area contributed by atoms with Gasteiger partial charge in [0, 0.05) is 10.3 Å². The number of amides is 2. The Bertz CT molecular complexity index is 1260. The van der Waals surface area contributed by atoms with Gasteiger partial charge in [0.25, 0.3) is 11.8 Å². The average molecular weight is 390 g/mol. The monoisotopic (exact) mass is 390 g/mol. The lowest BCUT2D eigenvalue weighted by molar-refractivity contribution is 0.100. The highest BCUT2D eigenvalue weighted by Crippen LogP contribution is 2.35. The molecule has 2 aromatic carbocycles. The zero-order chi connectivity index (χ0) is 19.7. The van der Waals surface area contributed by atoms with Crippen LogP contribution >= 0.6 is 11.3 Å². The fourth-order valence-corrected chi connectivity index (χ4v) is 3.87. The van der Waals surface area contributed by atoms with Crippen molar-refractivity contribution >= 4 is 39.1 Å². The predicted molar refractivity (Wildman–Crippen MR) is 109 cm³/mol. The molecule has 2 aromatic heterocycles. The molecule has 0 saturated heterocycles. The number of nitrogens with one attached hydrogen (secondary N) is 1. The van der Waals surface area contributed by atoms with Crippen LogP contribution in [-0.4, -0.2) is 11.8 Å². The second-order valence-corrected chi connectivity index (χ2v) is 7.08. The van der Waals surface area contributed by atoms with Gasteiger partial charge in [-0.2, -0.15) is 0 Å². The van der Waals surface area contributed by atoms with Crippen molar-refractivity contribution in [3.63, 3.8) is 0 Å². The van der Waals surface area contributed by atoms with Crippen molar-refractivity contribution in [1.82, 2.24) is 0 Å². The van der Waals surface area contributed by atoms with Crippen molar-refractivity contribution in [2.75, 3.05) is 5.32 Å². The molecule has 0 aliphatic carbocycles. The first-order chi connectivity index (χ1) is 13.5. The molecule has 4 rings (SSSR count). The van der Waals surface area contributed by atoms with Gasteiger partial charge in [-0.3, -0.25) is 9.59 Å². The van der Waals surface area contributed by atoms with E-state index < -0.39 is 17.4 Å². The number of nitrogens with two attached hydrogens (primary N) is 1. The first kappa shape index (κ1) is 17.7. The molecule has 0 bridgehead atoms. The fraction of sp³-hybridized carbons (Fsp3) is 0. The quantitative estimate of drug-likeness (QED) is 0.516. The molecule has 0 aliphatic rings. The molecule has 0 atom stereocenters. The lowest BCUT2D eigenvalue weighted by Crippen LogP contribution is -2.22. The van der Waals surface area contributed by atoms with E-state index in [0.29, 0.717) is 11.0 Å². The van der Waals surface area contributed by atoms with Crippen LogP contribution in [0.3, 0.4) is 0 Å². The molecule has 28 heavy (non-hydrogen) atoms. The molecule has 0 unspecified atom stereocenters. The Labute approximate surface area is 163 Å². The summed E-state index contributed by atoms with van der Waals surface area (Å²) in [7, 11) is 0. The van der Waals surface area contributed by atoms with Crippen molar-refractivity contribution in [1.29, 1.82) is 0 Å². The average Bonchev–Trinajstić information content (AvgIpc) is 3.12. The van der Waals surface area contributed by atoms with Crippen LogP contribution in [0.15, 0.2) is 75.9 Å². The highest BCUT2D eigenvalue weighted by molar-refractivity contribution is 7.20. The predicted octanol–water partition coefficient (Wildman–Crippen LogP) is 3.87. The molecular formula is C21H14N2O4S. The van der Waals surface area contributed by atoms with Gasteiger partial charge in [-0.05, 0) is 23.8 Å². The van der Waals surface area contributed by atoms with E-state index in [1.54, 1.807) is 30.3 Å². The summed E-state index contributed by atoms with van der Waals surface area (Å²) in [5, 5.41) is 3.53. The smallest absolute Gasteiger partial charge is 0.349 e. The number of rotatable bonds is 4. The van der Waals surface area contributed by atoms with Crippen molar-refractivity contribution in [3.8, 4) is 10.4 Å². The molecule has 7 heteroatoms. The second kappa shape index (κ2) is 7.13. The Morgan fingerprint density at radius 2 is 1.64 bits per heavy atom. The van der Waals surface area contributed by atoms with Crippen LogP contribution in [0.25, 0.3) is 21.4 Å². The van der Waals surface area contributed by atoms with E-state index in [1.165, 1.54) is 17.4 Å². The SMILES string of the molecule is NC(=O)c1cc(-c2ccccc2)sc1NC(=O)c1cc2ccccc2oc1=O. The number of anilines is 1. The first-order valence-corrected chi connectivity index (χ1v) is 9.18. The molecule has 4 aromatic rings. The van der Waals surface area contributed by atoms with E-state index in [1.807, 2.05) is 30.3 Å². The zero-order valence-corrected chi connectivity index (χ0v) is 15.3. The van der Waals surface area contributed by atoms with Crippen molar-refractivity contribution in [3.05, 3.63) is 88.3 Å². The molecule has 0 saturated carbocycles.